The monoisotopic (exact) mass is 444 g/mol. The summed E-state index contributed by atoms with van der Waals surface area (Å²) in [5.41, 5.74) is 0.149. The van der Waals surface area contributed by atoms with Crippen LogP contribution in [0.1, 0.15) is 48.8 Å². The molecule has 1 aromatic carbocycles. The zero-order valence-electron chi connectivity index (χ0n) is 18.8. The van der Waals surface area contributed by atoms with Crippen molar-refractivity contribution in [3.63, 3.8) is 0 Å². The summed E-state index contributed by atoms with van der Waals surface area (Å²) in [4.78, 5) is 29.8. The molecule has 6 nitrogen and oxygen atoms in total. The maximum atomic E-state index is 13.0. The molecule has 1 saturated heterocycles. The number of thiophene rings is 1. The van der Waals surface area contributed by atoms with Gasteiger partial charge in [-0.2, -0.15) is 0 Å². The fourth-order valence-corrected chi connectivity index (χ4v) is 4.19. The van der Waals surface area contributed by atoms with Crippen LogP contribution in [-0.4, -0.2) is 54.1 Å². The quantitative estimate of drug-likeness (QED) is 0.626. The van der Waals surface area contributed by atoms with Crippen LogP contribution in [0.3, 0.4) is 0 Å². The summed E-state index contributed by atoms with van der Waals surface area (Å²) in [5.74, 6) is 1.09. The van der Waals surface area contributed by atoms with Gasteiger partial charge in [0.05, 0.1) is 0 Å². The molecule has 2 amide bonds. The number of benzene rings is 1. The van der Waals surface area contributed by atoms with E-state index >= 15 is 0 Å². The van der Waals surface area contributed by atoms with E-state index in [1.165, 1.54) is 0 Å². The third kappa shape index (κ3) is 6.99. The largest absolute Gasteiger partial charge is 0.488 e. The van der Waals surface area contributed by atoms with Gasteiger partial charge in [0.1, 0.15) is 18.0 Å². The molecule has 0 aliphatic carbocycles. The number of nitrogens with zero attached hydrogens (tertiary/aromatic N) is 2. The molecule has 0 unspecified atom stereocenters. The lowest BCUT2D eigenvalue weighted by Gasteiger charge is -2.34. The van der Waals surface area contributed by atoms with Gasteiger partial charge in [-0.05, 0) is 69.2 Å². The molecular formula is C24H32N2O4S. The van der Waals surface area contributed by atoms with E-state index in [0.29, 0.717) is 43.5 Å². The van der Waals surface area contributed by atoms with Crippen molar-refractivity contribution in [1.82, 2.24) is 9.80 Å². The van der Waals surface area contributed by atoms with Gasteiger partial charge >= 0.3 is 6.09 Å². The fraction of sp³-hybridized carbons (Fsp3) is 0.500. The Labute approximate surface area is 188 Å². The predicted octanol–water partition coefficient (Wildman–Crippen LogP) is 5.05. The standard InChI is InChI=1S/C24H32N2O4S/c1-24(2,3)30-23(28)25(4)16-18-10-12-26(13-11-18)22(27)19-7-5-8-20(15-19)29-17-21-9-6-14-31-21/h5-9,14-15,18H,10-13,16-17H2,1-4H3. The maximum absolute atomic E-state index is 13.0. The second-order valence-corrected chi connectivity index (χ2v) is 10.0. The smallest absolute Gasteiger partial charge is 0.410 e. The van der Waals surface area contributed by atoms with Gasteiger partial charge in [0.2, 0.25) is 0 Å². The fourth-order valence-electron chi connectivity index (χ4n) is 3.57. The minimum atomic E-state index is -0.497. The summed E-state index contributed by atoms with van der Waals surface area (Å²) in [5, 5.41) is 2.02. The molecule has 0 spiro atoms. The summed E-state index contributed by atoms with van der Waals surface area (Å²) in [6.45, 7) is 8.12. The van der Waals surface area contributed by atoms with Gasteiger partial charge in [0.25, 0.3) is 5.91 Å². The van der Waals surface area contributed by atoms with Crippen molar-refractivity contribution in [3.05, 3.63) is 52.2 Å². The number of ether oxygens (including phenoxy) is 2. The van der Waals surface area contributed by atoms with Gasteiger partial charge in [0, 0.05) is 37.1 Å². The number of carbonyl (C=O) groups is 2. The Kier molecular flexibility index (Phi) is 7.59. The van der Waals surface area contributed by atoms with Crippen molar-refractivity contribution >= 4 is 23.3 Å². The number of hydrogen-bond donors (Lipinski definition) is 0. The Morgan fingerprint density at radius 1 is 1.16 bits per heavy atom. The second-order valence-electron chi connectivity index (χ2n) is 8.99. The molecule has 0 radical (unpaired) electrons. The molecule has 2 heterocycles. The van der Waals surface area contributed by atoms with Crippen LogP contribution >= 0.6 is 11.3 Å². The van der Waals surface area contributed by atoms with Crippen LogP contribution in [0.2, 0.25) is 0 Å². The molecule has 1 aliphatic rings. The number of piperidine rings is 1. The van der Waals surface area contributed by atoms with Crippen LogP contribution in [0, 0.1) is 5.92 Å². The van der Waals surface area contributed by atoms with E-state index in [2.05, 4.69) is 0 Å². The lowest BCUT2D eigenvalue weighted by molar-refractivity contribution is 0.0246. The first-order valence-corrected chi connectivity index (χ1v) is 11.6. The Morgan fingerprint density at radius 2 is 1.90 bits per heavy atom. The lowest BCUT2D eigenvalue weighted by Crippen LogP contribution is -2.43. The third-order valence-corrected chi connectivity index (χ3v) is 6.03. The Hall–Kier alpha value is -2.54. The highest BCUT2D eigenvalue weighted by Gasteiger charge is 2.27. The molecule has 0 saturated carbocycles. The van der Waals surface area contributed by atoms with Gasteiger partial charge in [-0.25, -0.2) is 4.79 Å². The van der Waals surface area contributed by atoms with E-state index in [0.717, 1.165) is 17.7 Å². The molecule has 0 N–H and O–H groups in total. The van der Waals surface area contributed by atoms with E-state index in [9.17, 15) is 9.59 Å². The maximum Gasteiger partial charge on any atom is 0.410 e. The van der Waals surface area contributed by atoms with Crippen LogP contribution < -0.4 is 4.74 Å². The first-order valence-electron chi connectivity index (χ1n) is 10.7. The van der Waals surface area contributed by atoms with Crippen molar-refractivity contribution in [3.8, 4) is 5.75 Å². The van der Waals surface area contributed by atoms with Crippen LogP contribution in [0.5, 0.6) is 5.75 Å². The second kappa shape index (κ2) is 10.2. The normalized spacial score (nSPS) is 14.9. The first kappa shape index (κ1) is 23.1. The molecule has 31 heavy (non-hydrogen) atoms. The Bertz CT molecular complexity index is 868. The van der Waals surface area contributed by atoms with Crippen LogP contribution in [0.4, 0.5) is 4.79 Å². The molecule has 1 fully saturated rings. The average Bonchev–Trinajstić information content (AvgIpc) is 3.25. The van der Waals surface area contributed by atoms with Crippen molar-refractivity contribution in [1.29, 1.82) is 0 Å². The zero-order chi connectivity index (χ0) is 22.4. The van der Waals surface area contributed by atoms with E-state index in [1.54, 1.807) is 23.3 Å². The zero-order valence-corrected chi connectivity index (χ0v) is 19.6. The Morgan fingerprint density at radius 3 is 2.55 bits per heavy atom. The highest BCUT2D eigenvalue weighted by Crippen LogP contribution is 2.23. The minimum Gasteiger partial charge on any atom is -0.488 e. The van der Waals surface area contributed by atoms with Crippen LogP contribution in [0.15, 0.2) is 41.8 Å². The minimum absolute atomic E-state index is 0.0283. The number of rotatable bonds is 6. The molecule has 0 bridgehead atoms. The van der Waals surface area contributed by atoms with E-state index < -0.39 is 5.60 Å². The molecule has 0 atom stereocenters. The molecule has 3 rings (SSSR count). The van der Waals surface area contributed by atoms with E-state index in [1.807, 2.05) is 67.4 Å². The number of amides is 2. The van der Waals surface area contributed by atoms with E-state index in [-0.39, 0.29) is 12.0 Å². The van der Waals surface area contributed by atoms with E-state index in [4.69, 9.17) is 9.47 Å². The Balaban J connectivity index is 1.48. The van der Waals surface area contributed by atoms with Gasteiger partial charge < -0.3 is 19.3 Å². The van der Waals surface area contributed by atoms with Gasteiger partial charge in [-0.1, -0.05) is 12.1 Å². The molecular weight excluding hydrogens is 412 g/mol. The first-order chi connectivity index (χ1) is 14.7. The van der Waals surface area contributed by atoms with Crippen molar-refractivity contribution in [2.24, 2.45) is 5.92 Å². The lowest BCUT2D eigenvalue weighted by atomic mass is 9.96. The highest BCUT2D eigenvalue weighted by atomic mass is 32.1. The topological polar surface area (TPSA) is 59.1 Å². The number of likely N-dealkylation sites (tertiary alicyclic amines) is 1. The SMILES string of the molecule is CN(CC1CCN(C(=O)c2cccc(OCc3cccs3)c2)CC1)C(=O)OC(C)(C)C. The summed E-state index contributed by atoms with van der Waals surface area (Å²) in [6.07, 6.45) is 1.44. The number of carbonyl (C=O) groups excluding carboxylic acids is 2. The highest BCUT2D eigenvalue weighted by molar-refractivity contribution is 7.09. The summed E-state index contributed by atoms with van der Waals surface area (Å²) < 4.78 is 11.3. The molecule has 1 aliphatic heterocycles. The van der Waals surface area contributed by atoms with Crippen molar-refractivity contribution in [2.75, 3.05) is 26.7 Å². The molecule has 2 aromatic rings. The van der Waals surface area contributed by atoms with Crippen LogP contribution in [-0.2, 0) is 11.3 Å². The molecule has 168 valence electrons. The van der Waals surface area contributed by atoms with Crippen molar-refractivity contribution in [2.45, 2.75) is 45.8 Å². The van der Waals surface area contributed by atoms with Gasteiger partial charge in [-0.3, -0.25) is 4.79 Å². The third-order valence-electron chi connectivity index (χ3n) is 5.18. The van der Waals surface area contributed by atoms with Crippen molar-refractivity contribution < 1.29 is 19.1 Å². The summed E-state index contributed by atoms with van der Waals surface area (Å²) in [6, 6.07) is 11.4. The summed E-state index contributed by atoms with van der Waals surface area (Å²) >= 11 is 1.65. The van der Waals surface area contributed by atoms with Gasteiger partial charge in [0.15, 0.2) is 0 Å². The van der Waals surface area contributed by atoms with Gasteiger partial charge in [-0.15, -0.1) is 11.3 Å². The number of hydrogen-bond acceptors (Lipinski definition) is 5. The summed E-state index contributed by atoms with van der Waals surface area (Å²) in [7, 11) is 1.77. The molecule has 7 heteroatoms. The van der Waals surface area contributed by atoms with Crippen LogP contribution in [0.25, 0.3) is 0 Å². The average molecular weight is 445 g/mol. The predicted molar refractivity (Wildman–Crippen MR) is 123 cm³/mol. The molecule has 1 aromatic heterocycles.